The van der Waals surface area contributed by atoms with E-state index in [1.807, 2.05) is 0 Å². The highest BCUT2D eigenvalue weighted by molar-refractivity contribution is 9.10. The second-order valence-corrected chi connectivity index (χ2v) is 4.40. The van der Waals surface area contributed by atoms with Crippen molar-refractivity contribution >= 4 is 49.1 Å². The first-order chi connectivity index (χ1) is 5.68. The molecule has 12 heavy (non-hydrogen) atoms. The van der Waals surface area contributed by atoms with Gasteiger partial charge in [0, 0.05) is 9.50 Å². The predicted octanol–water partition coefficient (Wildman–Crippen LogP) is 3.01. The van der Waals surface area contributed by atoms with Crippen LogP contribution in [-0.2, 0) is 0 Å². The van der Waals surface area contributed by atoms with Crippen LogP contribution in [0, 0.1) is 0 Å². The molecule has 5 heteroatoms. The van der Waals surface area contributed by atoms with Crippen LogP contribution in [0.3, 0.4) is 0 Å². The highest BCUT2D eigenvalue weighted by Gasteiger charge is 2.05. The number of H-pyrrole nitrogens is 1. The third-order valence-electron chi connectivity index (χ3n) is 1.50. The van der Waals surface area contributed by atoms with Gasteiger partial charge in [-0.05, 0) is 28.1 Å². The summed E-state index contributed by atoms with van der Waals surface area (Å²) < 4.78 is 4.40. The van der Waals surface area contributed by atoms with Gasteiger partial charge >= 0.3 is 0 Å². The smallest absolute Gasteiger partial charge is 0.266 e. The Bertz CT molecular complexity index is 490. The molecule has 0 saturated carbocycles. The summed E-state index contributed by atoms with van der Waals surface area (Å²) in [4.78, 5) is 11.2. The molecule has 1 N–H and O–H groups in total. The molecule has 0 aliphatic rings. The molecular formula is C7H3BrClNOS. The average molecular weight is 265 g/mol. The van der Waals surface area contributed by atoms with Crippen molar-refractivity contribution in [1.29, 1.82) is 0 Å². The lowest BCUT2D eigenvalue weighted by Gasteiger charge is -1.92. The molecule has 2 aromatic rings. The molecule has 0 radical (unpaired) electrons. The van der Waals surface area contributed by atoms with Gasteiger partial charge in [-0.2, -0.15) is 0 Å². The summed E-state index contributed by atoms with van der Waals surface area (Å²) in [5.74, 6) is 0. The molecule has 0 aliphatic heterocycles. The Morgan fingerprint density at radius 3 is 3.00 bits per heavy atom. The highest BCUT2D eigenvalue weighted by atomic mass is 79.9. The summed E-state index contributed by atoms with van der Waals surface area (Å²) in [7, 11) is 0. The van der Waals surface area contributed by atoms with E-state index in [9.17, 15) is 4.79 Å². The maximum Gasteiger partial charge on any atom is 0.266 e. The van der Waals surface area contributed by atoms with Gasteiger partial charge in [0.2, 0.25) is 0 Å². The molecule has 0 amide bonds. The Balaban J connectivity index is 3.02. The number of aromatic nitrogens is 1. The predicted molar refractivity (Wildman–Crippen MR) is 55.2 cm³/mol. The number of nitrogens with one attached hydrogen (secondary N) is 1. The summed E-state index contributed by atoms with van der Waals surface area (Å²) >= 11 is 10.4. The van der Waals surface area contributed by atoms with E-state index < -0.39 is 0 Å². The molecule has 0 atom stereocenters. The van der Waals surface area contributed by atoms with E-state index >= 15 is 0 Å². The van der Waals surface area contributed by atoms with Gasteiger partial charge in [-0.3, -0.25) is 9.17 Å². The number of benzene rings is 1. The summed E-state index contributed by atoms with van der Waals surface area (Å²) in [6.07, 6.45) is 0. The van der Waals surface area contributed by atoms with Crippen molar-refractivity contribution in [2.45, 2.75) is 0 Å². The number of halogens is 2. The van der Waals surface area contributed by atoms with Crippen molar-refractivity contribution in [3.8, 4) is 0 Å². The van der Waals surface area contributed by atoms with Crippen molar-refractivity contribution in [2.24, 2.45) is 0 Å². The van der Waals surface area contributed by atoms with Crippen LogP contribution >= 0.6 is 39.1 Å². The van der Waals surface area contributed by atoms with Crippen molar-refractivity contribution in [2.75, 3.05) is 0 Å². The van der Waals surface area contributed by atoms with Crippen molar-refractivity contribution in [1.82, 2.24) is 4.37 Å². The molecule has 0 unspecified atom stereocenters. The number of fused-ring (bicyclic) bond motifs is 1. The topological polar surface area (TPSA) is 32.9 Å². The molecule has 1 heterocycles. The molecule has 0 spiro atoms. The van der Waals surface area contributed by atoms with Crippen molar-refractivity contribution in [3.05, 3.63) is 32.0 Å². The number of aromatic amines is 1. The Kier molecular flexibility index (Phi) is 1.98. The molecule has 0 fully saturated rings. The monoisotopic (exact) mass is 263 g/mol. The second kappa shape index (κ2) is 2.87. The minimum Gasteiger partial charge on any atom is -0.277 e. The molecule has 0 saturated heterocycles. The van der Waals surface area contributed by atoms with Gasteiger partial charge in [-0.25, -0.2) is 0 Å². The Morgan fingerprint density at radius 1 is 1.50 bits per heavy atom. The molecule has 2 rings (SSSR count). The molecule has 62 valence electrons. The van der Waals surface area contributed by atoms with Crippen molar-refractivity contribution in [3.63, 3.8) is 0 Å². The van der Waals surface area contributed by atoms with E-state index in [4.69, 9.17) is 11.6 Å². The molecule has 1 aromatic carbocycles. The van der Waals surface area contributed by atoms with E-state index in [-0.39, 0.29) is 5.56 Å². The Hall–Kier alpha value is -0.320. The van der Waals surface area contributed by atoms with Crippen LogP contribution in [0.5, 0.6) is 0 Å². The third kappa shape index (κ3) is 1.20. The molecule has 0 aliphatic carbocycles. The average Bonchev–Trinajstić information content (AvgIpc) is 2.33. The first-order valence-corrected chi connectivity index (χ1v) is 5.13. The maximum absolute atomic E-state index is 11.2. The minimum absolute atomic E-state index is 0.0850. The summed E-state index contributed by atoms with van der Waals surface area (Å²) in [5.41, 5.74) is -0.0850. The first kappa shape index (κ1) is 8.29. The van der Waals surface area contributed by atoms with E-state index in [2.05, 4.69) is 20.3 Å². The van der Waals surface area contributed by atoms with Crippen LogP contribution in [-0.4, -0.2) is 4.37 Å². The lowest BCUT2D eigenvalue weighted by Crippen LogP contribution is -1.95. The SMILES string of the molecule is O=c1[nH]sc2c(Br)cc(Cl)cc12. The lowest BCUT2D eigenvalue weighted by molar-refractivity contribution is 1.46. The number of hydrogen-bond acceptors (Lipinski definition) is 2. The fraction of sp³-hybridized carbons (Fsp3) is 0. The van der Waals surface area contributed by atoms with Gasteiger partial charge in [0.25, 0.3) is 5.56 Å². The zero-order valence-electron chi connectivity index (χ0n) is 5.73. The van der Waals surface area contributed by atoms with Gasteiger partial charge in [-0.15, -0.1) is 0 Å². The largest absolute Gasteiger partial charge is 0.277 e. The van der Waals surface area contributed by atoms with Crippen LogP contribution in [0.4, 0.5) is 0 Å². The Morgan fingerprint density at radius 2 is 2.25 bits per heavy atom. The van der Waals surface area contributed by atoms with Gasteiger partial charge in [0.05, 0.1) is 10.1 Å². The fourth-order valence-corrected chi connectivity index (χ4v) is 2.76. The van der Waals surface area contributed by atoms with E-state index in [1.54, 1.807) is 12.1 Å². The summed E-state index contributed by atoms with van der Waals surface area (Å²) in [5, 5.41) is 1.21. The van der Waals surface area contributed by atoms with Crippen LogP contribution in [0.15, 0.2) is 21.4 Å². The lowest BCUT2D eigenvalue weighted by atomic mass is 10.3. The van der Waals surface area contributed by atoms with Crippen LogP contribution in [0.25, 0.3) is 10.1 Å². The number of rotatable bonds is 0. The zero-order valence-corrected chi connectivity index (χ0v) is 8.89. The van der Waals surface area contributed by atoms with Crippen molar-refractivity contribution < 1.29 is 0 Å². The molecule has 2 nitrogen and oxygen atoms in total. The number of hydrogen-bond donors (Lipinski definition) is 1. The van der Waals surface area contributed by atoms with Crippen LogP contribution < -0.4 is 5.56 Å². The molecule has 1 aromatic heterocycles. The fourth-order valence-electron chi connectivity index (χ4n) is 0.985. The molecular weight excluding hydrogens is 262 g/mol. The van der Waals surface area contributed by atoms with E-state index in [0.29, 0.717) is 10.4 Å². The summed E-state index contributed by atoms with van der Waals surface area (Å²) in [6, 6.07) is 3.44. The summed E-state index contributed by atoms with van der Waals surface area (Å²) in [6.45, 7) is 0. The van der Waals surface area contributed by atoms with E-state index in [1.165, 1.54) is 11.5 Å². The van der Waals surface area contributed by atoms with E-state index in [0.717, 1.165) is 9.17 Å². The normalized spacial score (nSPS) is 10.8. The molecule has 0 bridgehead atoms. The van der Waals surface area contributed by atoms with Gasteiger partial charge < -0.3 is 0 Å². The first-order valence-electron chi connectivity index (χ1n) is 3.15. The zero-order chi connectivity index (χ0) is 8.72. The van der Waals surface area contributed by atoms with Gasteiger partial charge in [0.1, 0.15) is 0 Å². The minimum atomic E-state index is -0.0850. The van der Waals surface area contributed by atoms with Gasteiger partial charge in [-0.1, -0.05) is 23.1 Å². The Labute approximate surface area is 85.4 Å². The maximum atomic E-state index is 11.2. The van der Waals surface area contributed by atoms with Gasteiger partial charge in [0.15, 0.2) is 0 Å². The van der Waals surface area contributed by atoms with Crippen LogP contribution in [0.1, 0.15) is 0 Å². The highest BCUT2D eigenvalue weighted by Crippen LogP contribution is 2.28. The quantitative estimate of drug-likeness (QED) is 0.779. The third-order valence-corrected chi connectivity index (χ3v) is 3.54. The van der Waals surface area contributed by atoms with Crippen LogP contribution in [0.2, 0.25) is 5.02 Å². The standard InChI is InChI=1S/C7H3BrClNOS/c8-5-2-3(9)1-4-6(5)12-10-7(4)11/h1-2H,(H,10,11). The second-order valence-electron chi connectivity index (χ2n) is 2.30.